The second kappa shape index (κ2) is 10.0. The molecule has 0 N–H and O–H groups in total. The lowest BCUT2D eigenvalue weighted by Crippen LogP contribution is -2.33. The molecule has 3 aromatic heterocycles. The van der Waals surface area contributed by atoms with Gasteiger partial charge in [0.05, 0.1) is 36.7 Å². The van der Waals surface area contributed by atoms with Crippen molar-refractivity contribution < 1.29 is 18.7 Å². The van der Waals surface area contributed by atoms with Gasteiger partial charge in [0, 0.05) is 24.3 Å². The quantitative estimate of drug-likeness (QED) is 0.286. The predicted molar refractivity (Wildman–Crippen MR) is 146 cm³/mol. The smallest absolute Gasteiger partial charge is 0.319 e. The van der Waals surface area contributed by atoms with E-state index < -0.39 is 23.5 Å². The average Bonchev–Trinajstić information content (AvgIpc) is 3.44. The standard InChI is InChI=1S/C27H24Cl2FN5O4/c1-13(2)34-19(17-12-31-27(39-5)32-24(17)38-4)10-16-22(34)21(14-6-8-15(28)9-7-14)35(25(16)36)20-11-18(29)26(37)33(3)23(20)30/h6-13,21H,1-5H3. The van der Waals surface area contributed by atoms with Crippen molar-refractivity contribution in [3.63, 3.8) is 0 Å². The lowest BCUT2D eigenvalue weighted by molar-refractivity contribution is 0.0992. The van der Waals surface area contributed by atoms with Crippen molar-refractivity contribution >= 4 is 34.8 Å². The van der Waals surface area contributed by atoms with Crippen LogP contribution in [0.1, 0.15) is 47.5 Å². The number of anilines is 1. The zero-order valence-electron chi connectivity index (χ0n) is 21.7. The van der Waals surface area contributed by atoms with Gasteiger partial charge < -0.3 is 14.0 Å². The average molecular weight is 572 g/mol. The highest BCUT2D eigenvalue weighted by Gasteiger charge is 2.45. The molecule has 1 aliphatic heterocycles. The molecule has 1 aliphatic rings. The molecule has 1 amide bonds. The first-order valence-corrected chi connectivity index (χ1v) is 12.7. The number of carbonyl (C=O) groups excluding carboxylic acids is 1. The molecular weight excluding hydrogens is 548 g/mol. The number of halogens is 3. The fraction of sp³-hybridized carbons (Fsp3) is 0.259. The number of methoxy groups -OCH3 is 2. The zero-order valence-corrected chi connectivity index (χ0v) is 23.2. The number of rotatable bonds is 6. The number of fused-ring (bicyclic) bond motifs is 1. The van der Waals surface area contributed by atoms with E-state index in [0.717, 1.165) is 4.57 Å². The van der Waals surface area contributed by atoms with Gasteiger partial charge in [-0.25, -0.2) is 4.98 Å². The summed E-state index contributed by atoms with van der Waals surface area (Å²) in [5, 5.41) is 0.298. The molecule has 1 unspecified atom stereocenters. The molecule has 1 atom stereocenters. The Morgan fingerprint density at radius 1 is 1.03 bits per heavy atom. The minimum Gasteiger partial charge on any atom is -0.480 e. The van der Waals surface area contributed by atoms with Crippen LogP contribution in [-0.2, 0) is 7.05 Å². The maximum atomic E-state index is 15.6. The monoisotopic (exact) mass is 571 g/mol. The van der Waals surface area contributed by atoms with Crippen LogP contribution < -0.4 is 19.9 Å². The van der Waals surface area contributed by atoms with Crippen LogP contribution in [0, 0.1) is 5.95 Å². The van der Waals surface area contributed by atoms with Gasteiger partial charge in [0.2, 0.25) is 11.8 Å². The van der Waals surface area contributed by atoms with E-state index in [2.05, 4.69) is 9.97 Å². The number of carbonyl (C=O) groups is 1. The third kappa shape index (κ3) is 4.24. The highest BCUT2D eigenvalue weighted by atomic mass is 35.5. The molecule has 0 radical (unpaired) electrons. The summed E-state index contributed by atoms with van der Waals surface area (Å²) in [5.41, 5.74) is 2.01. The Morgan fingerprint density at radius 3 is 2.33 bits per heavy atom. The summed E-state index contributed by atoms with van der Waals surface area (Å²) in [6.45, 7) is 3.94. The van der Waals surface area contributed by atoms with E-state index in [-0.39, 0.29) is 28.6 Å². The molecule has 9 nitrogen and oxygen atoms in total. The van der Waals surface area contributed by atoms with Crippen molar-refractivity contribution in [2.24, 2.45) is 7.05 Å². The van der Waals surface area contributed by atoms with Crippen molar-refractivity contribution in [2.45, 2.75) is 25.9 Å². The van der Waals surface area contributed by atoms with E-state index in [9.17, 15) is 9.59 Å². The van der Waals surface area contributed by atoms with Crippen molar-refractivity contribution in [3.8, 4) is 23.1 Å². The van der Waals surface area contributed by atoms with Crippen LogP contribution in [-0.4, -0.2) is 39.2 Å². The summed E-state index contributed by atoms with van der Waals surface area (Å²) >= 11 is 12.3. The molecule has 1 aromatic carbocycles. The molecule has 0 saturated heterocycles. The predicted octanol–water partition coefficient (Wildman–Crippen LogP) is 5.44. The second-order valence-corrected chi connectivity index (χ2v) is 10.1. The number of nitrogens with zero attached hydrogens (tertiary/aromatic N) is 5. The van der Waals surface area contributed by atoms with Gasteiger partial charge in [0.25, 0.3) is 11.5 Å². The minimum absolute atomic E-state index is 0.120. The van der Waals surface area contributed by atoms with Crippen molar-refractivity contribution in [1.82, 2.24) is 19.1 Å². The molecule has 12 heteroatoms. The minimum atomic E-state index is -0.886. The summed E-state index contributed by atoms with van der Waals surface area (Å²) in [5.74, 6) is -1.08. The number of benzene rings is 1. The number of hydrogen-bond acceptors (Lipinski definition) is 6. The molecule has 0 saturated carbocycles. The second-order valence-electron chi connectivity index (χ2n) is 9.23. The Balaban J connectivity index is 1.81. The molecular formula is C27H24Cl2FN5O4. The van der Waals surface area contributed by atoms with Crippen LogP contribution in [0.5, 0.6) is 11.9 Å². The Kier molecular flexibility index (Phi) is 6.86. The number of pyridine rings is 1. The normalized spacial score (nSPS) is 14.7. The number of ether oxygens (including phenoxy) is 2. The van der Waals surface area contributed by atoms with Crippen LogP contribution in [0.4, 0.5) is 10.1 Å². The molecule has 4 aromatic rings. The topological polar surface area (TPSA) is 91.5 Å². The van der Waals surface area contributed by atoms with Gasteiger partial charge in [0.1, 0.15) is 16.8 Å². The maximum absolute atomic E-state index is 15.6. The SMILES string of the molecule is COc1ncc(-c2cc3c(n2C(C)C)C(c2ccc(Cl)cc2)N(c2cc(Cl)c(=O)n(C)c2F)C3=O)c(OC)n1. The molecule has 0 spiro atoms. The van der Waals surface area contributed by atoms with Gasteiger partial charge in [0.15, 0.2) is 0 Å². The Labute approximate surface area is 233 Å². The Hall–Kier alpha value is -3.89. The van der Waals surface area contributed by atoms with Gasteiger partial charge in [-0.3, -0.25) is 19.1 Å². The van der Waals surface area contributed by atoms with Gasteiger partial charge in [-0.15, -0.1) is 0 Å². The summed E-state index contributed by atoms with van der Waals surface area (Å²) < 4.78 is 29.0. The van der Waals surface area contributed by atoms with Crippen molar-refractivity contribution in [3.05, 3.63) is 85.8 Å². The van der Waals surface area contributed by atoms with Gasteiger partial charge in [-0.2, -0.15) is 9.37 Å². The third-order valence-electron chi connectivity index (χ3n) is 6.67. The van der Waals surface area contributed by atoms with Crippen LogP contribution in [0.2, 0.25) is 10.0 Å². The highest BCUT2D eigenvalue weighted by molar-refractivity contribution is 6.31. The lowest BCUT2D eigenvalue weighted by Gasteiger charge is -2.29. The number of aromatic nitrogens is 4. The van der Waals surface area contributed by atoms with Crippen LogP contribution in [0.25, 0.3) is 11.3 Å². The summed E-state index contributed by atoms with van der Waals surface area (Å²) in [6.07, 6.45) is 1.57. The molecule has 202 valence electrons. The van der Waals surface area contributed by atoms with E-state index >= 15 is 4.39 Å². The van der Waals surface area contributed by atoms with Crippen LogP contribution in [0.15, 0.2) is 47.4 Å². The number of hydrogen-bond donors (Lipinski definition) is 0. The fourth-order valence-electron chi connectivity index (χ4n) is 4.94. The summed E-state index contributed by atoms with van der Waals surface area (Å²) in [4.78, 5) is 36.2. The van der Waals surface area contributed by atoms with Gasteiger partial charge in [-0.05, 0) is 43.7 Å². The Bertz CT molecular complexity index is 1670. The number of amides is 1. The first-order chi connectivity index (χ1) is 18.6. The molecule has 39 heavy (non-hydrogen) atoms. The van der Waals surface area contributed by atoms with Crippen LogP contribution in [0.3, 0.4) is 0 Å². The molecule has 0 fully saturated rings. The first kappa shape index (κ1) is 26.7. The van der Waals surface area contributed by atoms with E-state index in [1.165, 1.54) is 32.2 Å². The largest absolute Gasteiger partial charge is 0.480 e. The molecule has 4 heterocycles. The Morgan fingerprint density at radius 2 is 1.72 bits per heavy atom. The van der Waals surface area contributed by atoms with Crippen molar-refractivity contribution in [2.75, 3.05) is 19.1 Å². The van der Waals surface area contributed by atoms with E-state index in [1.807, 2.05) is 18.4 Å². The van der Waals surface area contributed by atoms with E-state index in [0.29, 0.717) is 33.1 Å². The molecule has 5 rings (SSSR count). The first-order valence-electron chi connectivity index (χ1n) is 11.9. The highest BCUT2D eigenvalue weighted by Crippen LogP contribution is 2.47. The van der Waals surface area contributed by atoms with E-state index in [4.69, 9.17) is 32.7 Å². The van der Waals surface area contributed by atoms with Gasteiger partial charge >= 0.3 is 6.01 Å². The lowest BCUT2D eigenvalue weighted by atomic mass is 10.0. The zero-order chi connectivity index (χ0) is 28.2. The third-order valence-corrected chi connectivity index (χ3v) is 7.19. The maximum Gasteiger partial charge on any atom is 0.319 e. The summed E-state index contributed by atoms with van der Waals surface area (Å²) in [6, 6.07) is 9.07. The van der Waals surface area contributed by atoms with Crippen molar-refractivity contribution in [1.29, 1.82) is 0 Å². The van der Waals surface area contributed by atoms with Gasteiger partial charge in [-0.1, -0.05) is 35.3 Å². The van der Waals surface area contributed by atoms with E-state index in [1.54, 1.807) is 36.5 Å². The molecule has 0 bridgehead atoms. The molecule has 0 aliphatic carbocycles. The summed E-state index contributed by atoms with van der Waals surface area (Å²) in [7, 11) is 4.20. The van der Waals surface area contributed by atoms with Crippen LogP contribution >= 0.6 is 23.2 Å². The fourth-order valence-corrected chi connectivity index (χ4v) is 5.29.